The molecule has 0 spiro atoms. The van der Waals surface area contributed by atoms with E-state index in [9.17, 15) is 14.4 Å². The number of ketones is 1. The van der Waals surface area contributed by atoms with Crippen LogP contribution >= 0.6 is 11.8 Å². The van der Waals surface area contributed by atoms with Crippen LogP contribution < -0.4 is 5.32 Å². The van der Waals surface area contributed by atoms with E-state index in [0.717, 1.165) is 4.90 Å². The zero-order valence-corrected chi connectivity index (χ0v) is 18.0. The van der Waals surface area contributed by atoms with E-state index in [1.165, 1.54) is 24.0 Å². The second-order valence-electron chi connectivity index (χ2n) is 7.12. The first-order valence-corrected chi connectivity index (χ1v) is 10.6. The van der Waals surface area contributed by atoms with Crippen molar-refractivity contribution in [2.45, 2.75) is 24.3 Å². The van der Waals surface area contributed by atoms with Gasteiger partial charge in [-0.15, -0.1) is 11.8 Å². The first-order valence-electron chi connectivity index (χ1n) is 9.37. The maximum Gasteiger partial charge on any atom is 0.410 e. The molecule has 0 radical (unpaired) electrons. The predicted molar refractivity (Wildman–Crippen MR) is 112 cm³/mol. The molecule has 1 saturated heterocycles. The number of amides is 2. The minimum Gasteiger partial charge on any atom is -0.445 e. The molecule has 1 N–H and O–H groups in total. The molecule has 0 atom stereocenters. The summed E-state index contributed by atoms with van der Waals surface area (Å²) in [4.78, 5) is 45.6. The van der Waals surface area contributed by atoms with Crippen LogP contribution in [0.5, 0.6) is 0 Å². The van der Waals surface area contributed by atoms with Gasteiger partial charge in [0.05, 0.1) is 12.1 Å². The summed E-state index contributed by atoms with van der Waals surface area (Å²) < 4.78 is 5.05. The summed E-state index contributed by atoms with van der Waals surface area (Å²) in [6.07, 6.45) is 6.25. The highest BCUT2D eigenvalue weighted by molar-refractivity contribution is 7.98. The number of piperazine rings is 1. The van der Waals surface area contributed by atoms with E-state index in [-0.39, 0.29) is 30.9 Å². The van der Waals surface area contributed by atoms with Crippen LogP contribution in [-0.2, 0) is 9.53 Å². The molecule has 2 rings (SSSR count). The van der Waals surface area contributed by atoms with Crippen molar-refractivity contribution < 1.29 is 19.1 Å². The van der Waals surface area contributed by atoms with Crippen LogP contribution in [-0.4, -0.2) is 83.7 Å². The van der Waals surface area contributed by atoms with Gasteiger partial charge in [-0.05, 0) is 26.2 Å². The molecule has 2 amide bonds. The summed E-state index contributed by atoms with van der Waals surface area (Å²) in [5, 5.41) is 2.74. The Kier molecular flexibility index (Phi) is 8.21. The number of ether oxygens (including phenoxy) is 1. The lowest BCUT2D eigenvalue weighted by atomic mass is 10.00. The molecule has 29 heavy (non-hydrogen) atoms. The largest absolute Gasteiger partial charge is 0.445 e. The molecule has 158 valence electrons. The Morgan fingerprint density at radius 3 is 2.59 bits per heavy atom. The lowest BCUT2D eigenvalue weighted by Crippen LogP contribution is -2.61. The summed E-state index contributed by atoms with van der Waals surface area (Å²) in [5.41, 5.74) is -0.335. The monoisotopic (exact) mass is 420 g/mol. The molecular weight excluding hydrogens is 392 g/mol. The third kappa shape index (κ3) is 6.04. The Balaban J connectivity index is 1.87. The first kappa shape index (κ1) is 22.9. The van der Waals surface area contributed by atoms with Gasteiger partial charge in [-0.2, -0.15) is 0 Å². The fourth-order valence-electron chi connectivity index (χ4n) is 2.98. The molecule has 0 saturated carbocycles. The smallest absolute Gasteiger partial charge is 0.410 e. The molecule has 0 aliphatic carbocycles. The van der Waals surface area contributed by atoms with E-state index >= 15 is 0 Å². The average molecular weight is 421 g/mol. The zero-order chi connectivity index (χ0) is 21.4. The van der Waals surface area contributed by atoms with Crippen molar-refractivity contribution in [2.75, 3.05) is 45.6 Å². The Morgan fingerprint density at radius 1 is 1.28 bits per heavy atom. The van der Waals surface area contributed by atoms with Gasteiger partial charge in [0.2, 0.25) is 5.91 Å². The van der Waals surface area contributed by atoms with Crippen molar-refractivity contribution >= 4 is 29.5 Å². The SMILES string of the molecule is C=CCOC(=O)N1CCN(C(C)(C)C(=O)NCC(=O)c2cncc(SC)c2)CC1. The number of rotatable bonds is 8. The van der Waals surface area contributed by atoms with Gasteiger partial charge in [-0.3, -0.25) is 19.5 Å². The highest BCUT2D eigenvalue weighted by Crippen LogP contribution is 2.18. The van der Waals surface area contributed by atoms with Gasteiger partial charge in [0.25, 0.3) is 0 Å². The molecule has 1 aromatic rings. The molecule has 0 bridgehead atoms. The molecule has 1 aliphatic rings. The quantitative estimate of drug-likeness (QED) is 0.390. The Labute approximate surface area is 175 Å². The number of pyridine rings is 1. The minimum absolute atomic E-state index is 0.0877. The second kappa shape index (κ2) is 10.4. The number of nitrogens with zero attached hydrogens (tertiary/aromatic N) is 3. The summed E-state index contributed by atoms with van der Waals surface area (Å²) in [5.74, 6) is -0.421. The van der Waals surface area contributed by atoms with Crippen molar-refractivity contribution in [1.29, 1.82) is 0 Å². The van der Waals surface area contributed by atoms with Gasteiger partial charge >= 0.3 is 6.09 Å². The van der Waals surface area contributed by atoms with Crippen molar-refractivity contribution in [3.8, 4) is 0 Å². The van der Waals surface area contributed by atoms with Crippen LogP contribution in [0.15, 0.2) is 36.0 Å². The number of carbonyl (C=O) groups excluding carboxylic acids is 3. The summed E-state index contributed by atoms with van der Waals surface area (Å²) in [6.45, 7) is 9.26. The first-order chi connectivity index (χ1) is 13.8. The van der Waals surface area contributed by atoms with Crippen LogP contribution in [0.3, 0.4) is 0 Å². The third-order valence-corrected chi connectivity index (χ3v) is 5.58. The molecule has 0 aromatic carbocycles. The molecule has 1 aromatic heterocycles. The van der Waals surface area contributed by atoms with Crippen LogP contribution in [0.25, 0.3) is 0 Å². The van der Waals surface area contributed by atoms with Gasteiger partial charge in [0, 0.05) is 49.0 Å². The molecule has 1 fully saturated rings. The zero-order valence-electron chi connectivity index (χ0n) is 17.1. The molecule has 1 aliphatic heterocycles. The standard InChI is InChI=1S/C20H28N4O4S/c1-5-10-28-19(27)23-6-8-24(9-7-23)20(2,3)18(26)22-14-17(25)15-11-16(29-4)13-21-12-15/h5,11-13H,1,6-10,14H2,2-4H3,(H,22,26). The van der Waals surface area contributed by atoms with E-state index in [1.54, 1.807) is 17.2 Å². The number of aromatic nitrogens is 1. The van der Waals surface area contributed by atoms with Crippen LogP contribution in [0.2, 0.25) is 0 Å². The number of thioether (sulfide) groups is 1. The summed E-state index contributed by atoms with van der Waals surface area (Å²) in [7, 11) is 0. The van der Waals surface area contributed by atoms with Crippen LogP contribution in [0.1, 0.15) is 24.2 Å². The predicted octanol–water partition coefficient (Wildman–Crippen LogP) is 1.82. The number of carbonyl (C=O) groups is 3. The number of hydrogen-bond donors (Lipinski definition) is 1. The van der Waals surface area contributed by atoms with Gasteiger partial charge in [-0.1, -0.05) is 12.7 Å². The topological polar surface area (TPSA) is 91.8 Å². The maximum absolute atomic E-state index is 12.7. The maximum atomic E-state index is 12.7. The lowest BCUT2D eigenvalue weighted by molar-refractivity contribution is -0.132. The Bertz CT molecular complexity index is 761. The van der Waals surface area contributed by atoms with Gasteiger partial charge in [-0.25, -0.2) is 4.79 Å². The minimum atomic E-state index is -0.809. The molecule has 8 nitrogen and oxygen atoms in total. The highest BCUT2D eigenvalue weighted by Gasteiger charge is 2.37. The molecule has 2 heterocycles. The Hall–Kier alpha value is -2.39. The summed E-state index contributed by atoms with van der Waals surface area (Å²) >= 11 is 1.50. The van der Waals surface area contributed by atoms with Gasteiger partial charge in [0.15, 0.2) is 5.78 Å². The second-order valence-corrected chi connectivity index (χ2v) is 8.00. The van der Waals surface area contributed by atoms with Crippen LogP contribution in [0, 0.1) is 0 Å². The molecule has 9 heteroatoms. The van der Waals surface area contributed by atoms with Crippen molar-refractivity contribution in [3.63, 3.8) is 0 Å². The Morgan fingerprint density at radius 2 is 1.97 bits per heavy atom. The fraction of sp³-hybridized carbons (Fsp3) is 0.500. The van der Waals surface area contributed by atoms with E-state index in [1.807, 2.05) is 25.0 Å². The molecular formula is C20H28N4O4S. The summed E-state index contributed by atoms with van der Waals surface area (Å²) in [6, 6.07) is 1.77. The fourth-order valence-corrected chi connectivity index (χ4v) is 3.39. The van der Waals surface area contributed by atoms with Crippen molar-refractivity contribution in [2.24, 2.45) is 0 Å². The highest BCUT2D eigenvalue weighted by atomic mass is 32.2. The van der Waals surface area contributed by atoms with E-state index < -0.39 is 5.54 Å². The number of hydrogen-bond acceptors (Lipinski definition) is 7. The average Bonchev–Trinajstić information content (AvgIpc) is 2.75. The van der Waals surface area contributed by atoms with Crippen LogP contribution in [0.4, 0.5) is 4.79 Å². The van der Waals surface area contributed by atoms with Crippen molar-refractivity contribution in [3.05, 3.63) is 36.7 Å². The number of nitrogens with one attached hydrogen (secondary N) is 1. The lowest BCUT2D eigenvalue weighted by Gasteiger charge is -2.42. The molecule has 0 unspecified atom stereocenters. The number of Topliss-reactive ketones (excluding diaryl/α,β-unsaturated/α-hetero) is 1. The van der Waals surface area contributed by atoms with Crippen molar-refractivity contribution in [1.82, 2.24) is 20.1 Å². The van der Waals surface area contributed by atoms with Gasteiger partial charge < -0.3 is 15.0 Å². The van der Waals surface area contributed by atoms with E-state index in [2.05, 4.69) is 16.9 Å². The van der Waals surface area contributed by atoms with E-state index in [0.29, 0.717) is 31.7 Å². The third-order valence-electron chi connectivity index (χ3n) is 4.89. The van der Waals surface area contributed by atoms with E-state index in [4.69, 9.17) is 4.74 Å². The normalized spacial score (nSPS) is 14.9. The van der Waals surface area contributed by atoms with Gasteiger partial charge in [0.1, 0.15) is 6.61 Å².